The van der Waals surface area contributed by atoms with E-state index in [0.29, 0.717) is 25.1 Å². The van der Waals surface area contributed by atoms with Crippen LogP contribution in [-0.4, -0.2) is 29.9 Å². The van der Waals surface area contributed by atoms with Gasteiger partial charge in [-0.1, -0.05) is 39.0 Å². The van der Waals surface area contributed by atoms with E-state index in [4.69, 9.17) is 5.73 Å². The molecule has 2 rings (SSSR count). The number of rotatable bonds is 3. The molecule has 2 N–H and O–H groups in total. The van der Waals surface area contributed by atoms with Crippen LogP contribution in [0.1, 0.15) is 32.8 Å². The third-order valence-corrected chi connectivity index (χ3v) is 4.53. The van der Waals surface area contributed by atoms with E-state index in [9.17, 15) is 9.18 Å². The molecule has 0 saturated carbocycles. The Balaban J connectivity index is 2.01. The molecule has 1 aliphatic heterocycles. The van der Waals surface area contributed by atoms with Crippen LogP contribution in [0.3, 0.4) is 0 Å². The van der Waals surface area contributed by atoms with Gasteiger partial charge in [0.05, 0.1) is 0 Å². The highest BCUT2D eigenvalue weighted by Gasteiger charge is 2.36. The van der Waals surface area contributed by atoms with Crippen molar-refractivity contribution in [1.29, 1.82) is 0 Å². The molecule has 116 valence electrons. The number of benzene rings is 1. The maximum absolute atomic E-state index is 13.7. The quantitative estimate of drug-likeness (QED) is 0.931. The molecule has 1 saturated heterocycles. The first-order valence-electron chi connectivity index (χ1n) is 7.59. The maximum atomic E-state index is 13.7. The van der Waals surface area contributed by atoms with E-state index in [1.807, 2.05) is 11.8 Å². The van der Waals surface area contributed by atoms with Crippen molar-refractivity contribution in [3.8, 4) is 0 Å². The number of hydrogen-bond acceptors (Lipinski definition) is 2. The molecule has 4 heteroatoms. The van der Waals surface area contributed by atoms with Crippen LogP contribution in [-0.2, 0) is 11.2 Å². The Morgan fingerprint density at radius 3 is 2.76 bits per heavy atom. The fourth-order valence-corrected chi connectivity index (χ4v) is 2.95. The standard InChI is InChI=1S/C17H25FN2O/c1-12(10-13-6-4-5-7-14(13)18)16(21)20-9-8-15(19)17(2,3)11-20/h4-7,12,15H,8-11,19H2,1-3H3. The van der Waals surface area contributed by atoms with Gasteiger partial charge < -0.3 is 10.6 Å². The van der Waals surface area contributed by atoms with E-state index >= 15 is 0 Å². The summed E-state index contributed by atoms with van der Waals surface area (Å²) in [5.74, 6) is -0.358. The topological polar surface area (TPSA) is 46.3 Å². The van der Waals surface area contributed by atoms with Gasteiger partial charge in [-0.05, 0) is 29.9 Å². The number of amides is 1. The van der Waals surface area contributed by atoms with Crippen molar-refractivity contribution in [2.24, 2.45) is 17.1 Å². The van der Waals surface area contributed by atoms with E-state index in [1.165, 1.54) is 6.07 Å². The number of carbonyl (C=O) groups excluding carboxylic acids is 1. The Labute approximate surface area is 126 Å². The van der Waals surface area contributed by atoms with Crippen LogP contribution < -0.4 is 5.73 Å². The fourth-order valence-electron chi connectivity index (χ4n) is 2.95. The largest absolute Gasteiger partial charge is 0.342 e. The Bertz CT molecular complexity index is 515. The highest BCUT2D eigenvalue weighted by molar-refractivity contribution is 5.79. The predicted molar refractivity (Wildman–Crippen MR) is 82.2 cm³/mol. The minimum absolute atomic E-state index is 0.0639. The van der Waals surface area contributed by atoms with E-state index in [0.717, 1.165) is 6.42 Å². The minimum Gasteiger partial charge on any atom is -0.342 e. The molecule has 2 unspecified atom stereocenters. The lowest BCUT2D eigenvalue weighted by atomic mass is 9.79. The predicted octanol–water partition coefficient (Wildman–Crippen LogP) is 2.59. The van der Waals surface area contributed by atoms with Crippen molar-refractivity contribution in [2.45, 2.75) is 39.7 Å². The number of nitrogens with two attached hydrogens (primary N) is 1. The number of likely N-dealkylation sites (tertiary alicyclic amines) is 1. The molecule has 2 atom stereocenters. The van der Waals surface area contributed by atoms with E-state index in [2.05, 4.69) is 13.8 Å². The van der Waals surface area contributed by atoms with Gasteiger partial charge in [0.2, 0.25) is 5.91 Å². The lowest BCUT2D eigenvalue weighted by molar-refractivity contribution is -0.138. The number of hydrogen-bond donors (Lipinski definition) is 1. The first-order valence-corrected chi connectivity index (χ1v) is 7.59. The zero-order valence-corrected chi connectivity index (χ0v) is 13.1. The van der Waals surface area contributed by atoms with Gasteiger partial charge in [-0.2, -0.15) is 0 Å². The van der Waals surface area contributed by atoms with Gasteiger partial charge in [-0.3, -0.25) is 4.79 Å². The van der Waals surface area contributed by atoms with E-state index < -0.39 is 0 Å². The molecule has 3 nitrogen and oxygen atoms in total. The Hall–Kier alpha value is -1.42. The average Bonchev–Trinajstić information content (AvgIpc) is 2.43. The van der Waals surface area contributed by atoms with Gasteiger partial charge in [0.15, 0.2) is 0 Å². The average molecular weight is 292 g/mol. The minimum atomic E-state index is -0.238. The number of nitrogens with zero attached hydrogens (tertiary/aromatic N) is 1. The summed E-state index contributed by atoms with van der Waals surface area (Å²) in [6.07, 6.45) is 1.26. The molecular formula is C17H25FN2O. The van der Waals surface area contributed by atoms with Gasteiger partial charge in [-0.15, -0.1) is 0 Å². The summed E-state index contributed by atoms with van der Waals surface area (Å²) in [6, 6.07) is 6.78. The van der Waals surface area contributed by atoms with Crippen molar-refractivity contribution in [2.75, 3.05) is 13.1 Å². The SMILES string of the molecule is CC(Cc1ccccc1F)C(=O)N1CCC(N)C(C)(C)C1. The monoisotopic (exact) mass is 292 g/mol. The van der Waals surface area contributed by atoms with Crippen LogP contribution in [0.2, 0.25) is 0 Å². The van der Waals surface area contributed by atoms with E-state index in [-0.39, 0.29) is 29.1 Å². The van der Waals surface area contributed by atoms with Gasteiger partial charge in [0, 0.05) is 25.0 Å². The second-order valence-corrected chi connectivity index (χ2v) is 6.84. The third-order valence-electron chi connectivity index (χ3n) is 4.53. The van der Waals surface area contributed by atoms with Gasteiger partial charge in [0.1, 0.15) is 5.82 Å². The summed E-state index contributed by atoms with van der Waals surface area (Å²) in [6.45, 7) is 7.44. The summed E-state index contributed by atoms with van der Waals surface area (Å²) in [4.78, 5) is 14.5. The molecule has 0 aromatic heterocycles. The summed E-state index contributed by atoms with van der Waals surface area (Å²) in [5, 5.41) is 0. The molecule has 21 heavy (non-hydrogen) atoms. The molecule has 1 heterocycles. The molecule has 1 amide bonds. The zero-order valence-electron chi connectivity index (χ0n) is 13.1. The van der Waals surface area contributed by atoms with Crippen LogP contribution >= 0.6 is 0 Å². The van der Waals surface area contributed by atoms with Gasteiger partial charge >= 0.3 is 0 Å². The molecule has 0 aliphatic carbocycles. The van der Waals surface area contributed by atoms with Gasteiger partial charge in [0.25, 0.3) is 0 Å². The molecule has 1 aromatic rings. The third kappa shape index (κ3) is 3.62. The number of halogens is 1. The van der Waals surface area contributed by atoms with Crippen molar-refractivity contribution >= 4 is 5.91 Å². The summed E-state index contributed by atoms with van der Waals surface area (Å²) < 4.78 is 13.7. The first-order chi connectivity index (χ1) is 9.81. The molecule has 0 spiro atoms. The molecule has 0 bridgehead atoms. The van der Waals surface area contributed by atoms with E-state index in [1.54, 1.807) is 18.2 Å². The summed E-state index contributed by atoms with van der Waals surface area (Å²) >= 11 is 0. The summed E-state index contributed by atoms with van der Waals surface area (Å²) in [5.41, 5.74) is 6.65. The molecule has 1 fully saturated rings. The number of piperidine rings is 1. The van der Waals surface area contributed by atoms with Crippen molar-refractivity contribution in [1.82, 2.24) is 4.90 Å². The van der Waals surface area contributed by atoms with Crippen LogP contribution in [0.25, 0.3) is 0 Å². The Morgan fingerprint density at radius 2 is 2.14 bits per heavy atom. The van der Waals surface area contributed by atoms with Crippen molar-refractivity contribution in [3.05, 3.63) is 35.6 Å². The lowest BCUT2D eigenvalue weighted by Crippen LogP contribution is -2.55. The van der Waals surface area contributed by atoms with Crippen molar-refractivity contribution in [3.63, 3.8) is 0 Å². The second kappa shape index (κ2) is 6.14. The summed E-state index contributed by atoms with van der Waals surface area (Å²) in [7, 11) is 0. The van der Waals surface area contributed by atoms with Crippen LogP contribution in [0.15, 0.2) is 24.3 Å². The smallest absolute Gasteiger partial charge is 0.225 e. The first kappa shape index (κ1) is 16.0. The lowest BCUT2D eigenvalue weighted by Gasteiger charge is -2.43. The molecular weight excluding hydrogens is 267 g/mol. The second-order valence-electron chi connectivity index (χ2n) is 6.84. The molecule has 1 aliphatic rings. The fraction of sp³-hybridized carbons (Fsp3) is 0.588. The van der Waals surface area contributed by atoms with Gasteiger partial charge in [-0.25, -0.2) is 4.39 Å². The molecule has 0 radical (unpaired) electrons. The Kier molecular flexibility index (Phi) is 4.67. The van der Waals surface area contributed by atoms with Crippen LogP contribution in [0.4, 0.5) is 4.39 Å². The normalized spacial score (nSPS) is 22.9. The maximum Gasteiger partial charge on any atom is 0.225 e. The van der Waals surface area contributed by atoms with Crippen LogP contribution in [0.5, 0.6) is 0 Å². The zero-order chi connectivity index (χ0) is 15.6. The van der Waals surface area contributed by atoms with Crippen molar-refractivity contribution < 1.29 is 9.18 Å². The van der Waals surface area contributed by atoms with Crippen LogP contribution in [0, 0.1) is 17.2 Å². The highest BCUT2D eigenvalue weighted by Crippen LogP contribution is 2.29. The number of carbonyl (C=O) groups is 1. The Morgan fingerprint density at radius 1 is 1.48 bits per heavy atom. The highest BCUT2D eigenvalue weighted by atomic mass is 19.1. The molecule has 1 aromatic carbocycles.